The number of fused-ring (bicyclic) bond motifs is 1. The van der Waals surface area contributed by atoms with Gasteiger partial charge in [-0.2, -0.15) is 0 Å². The number of nitrogens with one attached hydrogen (secondary N) is 1. The summed E-state index contributed by atoms with van der Waals surface area (Å²) in [6, 6.07) is 20.8. The number of rotatable bonds is 4. The summed E-state index contributed by atoms with van der Waals surface area (Å²) in [5, 5.41) is 11.3. The average Bonchev–Trinajstić information content (AvgIpc) is 3.42. The van der Waals surface area contributed by atoms with Crippen LogP contribution in [0.5, 0.6) is 0 Å². The zero-order chi connectivity index (χ0) is 20.5. The summed E-state index contributed by atoms with van der Waals surface area (Å²) in [4.78, 5) is 17.8. The van der Waals surface area contributed by atoms with Gasteiger partial charge < -0.3 is 8.83 Å². The van der Waals surface area contributed by atoms with Crippen molar-refractivity contribution in [3.8, 4) is 22.9 Å². The molecule has 1 N–H and O–H groups in total. The molecular weight excluding hydrogens is 380 g/mol. The largest absolute Gasteiger partial charge is 0.459 e. The first-order valence-electron chi connectivity index (χ1n) is 9.33. The molecule has 0 saturated heterocycles. The van der Waals surface area contributed by atoms with Crippen LogP contribution in [0.1, 0.15) is 15.9 Å². The monoisotopic (exact) mass is 396 g/mol. The highest BCUT2D eigenvalue weighted by molar-refractivity contribution is 6.12. The van der Waals surface area contributed by atoms with E-state index in [0.717, 1.165) is 22.0 Å². The van der Waals surface area contributed by atoms with Crippen molar-refractivity contribution in [1.82, 2.24) is 15.2 Å². The molecule has 3 heterocycles. The maximum atomic E-state index is 13.1. The number of pyridine rings is 1. The molecule has 30 heavy (non-hydrogen) atoms. The number of carbonyl (C=O) groups is 1. The van der Waals surface area contributed by atoms with Crippen LogP contribution in [0.4, 0.5) is 6.01 Å². The first-order chi connectivity index (χ1) is 14.7. The molecule has 0 saturated carbocycles. The number of aromatic nitrogens is 3. The lowest BCUT2D eigenvalue weighted by molar-refractivity contribution is 0.102. The highest BCUT2D eigenvalue weighted by Gasteiger charge is 2.18. The average molecular weight is 396 g/mol. The van der Waals surface area contributed by atoms with Gasteiger partial charge in [-0.15, -0.1) is 5.10 Å². The van der Waals surface area contributed by atoms with Gasteiger partial charge in [-0.1, -0.05) is 53.6 Å². The fourth-order valence-electron chi connectivity index (χ4n) is 3.24. The number of aryl methyl sites for hydroxylation is 1. The van der Waals surface area contributed by atoms with Crippen LogP contribution in [0.25, 0.3) is 33.8 Å². The van der Waals surface area contributed by atoms with Crippen LogP contribution in [-0.2, 0) is 0 Å². The molecule has 5 aromatic rings. The topological polar surface area (TPSA) is 94.1 Å². The van der Waals surface area contributed by atoms with E-state index in [-0.39, 0.29) is 17.8 Å². The standard InChI is InChI=1S/C23H16N4O3/c1-14-11-12-29-20(14)22-26-27-23(30-22)25-21(28)17-13-19(15-7-3-2-4-8-15)24-18-10-6-5-9-16(17)18/h2-13H,1H3,(H,25,27,28). The number of hydrogen-bond acceptors (Lipinski definition) is 6. The Hall–Kier alpha value is -4.26. The smallest absolute Gasteiger partial charge is 0.322 e. The van der Waals surface area contributed by atoms with Crippen LogP contribution in [0, 0.1) is 6.92 Å². The molecule has 7 heteroatoms. The number of carbonyl (C=O) groups excluding carboxylic acids is 1. The van der Waals surface area contributed by atoms with E-state index < -0.39 is 0 Å². The zero-order valence-electron chi connectivity index (χ0n) is 16.0. The Morgan fingerprint density at radius 2 is 1.77 bits per heavy atom. The number of nitrogens with zero attached hydrogens (tertiary/aromatic N) is 3. The fraction of sp³-hybridized carbons (Fsp3) is 0.0435. The molecule has 2 aromatic carbocycles. The maximum Gasteiger partial charge on any atom is 0.322 e. The van der Waals surface area contributed by atoms with Crippen LogP contribution in [-0.4, -0.2) is 21.1 Å². The number of anilines is 1. The highest BCUT2D eigenvalue weighted by Crippen LogP contribution is 2.27. The SMILES string of the molecule is Cc1ccoc1-c1nnc(NC(=O)c2cc(-c3ccccc3)nc3ccccc23)o1. The number of benzene rings is 2. The van der Waals surface area contributed by atoms with Gasteiger partial charge >= 0.3 is 6.01 Å². The summed E-state index contributed by atoms with van der Waals surface area (Å²) in [6.45, 7) is 1.87. The van der Waals surface area contributed by atoms with Crippen molar-refractivity contribution in [2.75, 3.05) is 5.32 Å². The molecule has 7 nitrogen and oxygen atoms in total. The van der Waals surface area contributed by atoms with Crippen LogP contribution in [0.3, 0.4) is 0 Å². The summed E-state index contributed by atoms with van der Waals surface area (Å²) in [6.07, 6.45) is 1.54. The summed E-state index contributed by atoms with van der Waals surface area (Å²) in [7, 11) is 0. The lowest BCUT2D eigenvalue weighted by atomic mass is 10.0. The summed E-state index contributed by atoms with van der Waals surface area (Å²) < 4.78 is 10.9. The fourth-order valence-corrected chi connectivity index (χ4v) is 3.24. The third-order valence-electron chi connectivity index (χ3n) is 4.73. The second-order valence-corrected chi connectivity index (χ2v) is 6.74. The number of amides is 1. The van der Waals surface area contributed by atoms with Crippen molar-refractivity contribution >= 4 is 22.8 Å². The normalized spacial score (nSPS) is 11.0. The van der Waals surface area contributed by atoms with E-state index in [1.807, 2.05) is 61.5 Å². The molecule has 0 aliphatic carbocycles. The van der Waals surface area contributed by atoms with Crippen molar-refractivity contribution in [1.29, 1.82) is 0 Å². The van der Waals surface area contributed by atoms with E-state index >= 15 is 0 Å². The minimum Gasteiger partial charge on any atom is -0.459 e. The molecular formula is C23H16N4O3. The Morgan fingerprint density at radius 3 is 2.57 bits per heavy atom. The third kappa shape index (κ3) is 3.22. The van der Waals surface area contributed by atoms with Crippen molar-refractivity contribution in [2.24, 2.45) is 0 Å². The van der Waals surface area contributed by atoms with Gasteiger partial charge in [0.25, 0.3) is 11.8 Å². The Labute approximate surface area is 171 Å². The van der Waals surface area contributed by atoms with Gasteiger partial charge in [0.15, 0.2) is 5.76 Å². The predicted molar refractivity (Wildman–Crippen MR) is 112 cm³/mol. The molecule has 0 radical (unpaired) electrons. The summed E-state index contributed by atoms with van der Waals surface area (Å²) in [5.74, 6) is 0.318. The molecule has 0 atom stereocenters. The van der Waals surface area contributed by atoms with E-state index in [9.17, 15) is 4.79 Å². The second-order valence-electron chi connectivity index (χ2n) is 6.74. The van der Waals surface area contributed by atoms with Crippen molar-refractivity contribution in [3.63, 3.8) is 0 Å². The molecule has 0 unspecified atom stereocenters. The molecule has 0 spiro atoms. The van der Waals surface area contributed by atoms with E-state index in [1.165, 1.54) is 0 Å². The quantitative estimate of drug-likeness (QED) is 0.454. The van der Waals surface area contributed by atoms with E-state index in [4.69, 9.17) is 13.8 Å². The van der Waals surface area contributed by atoms with Crippen LogP contribution < -0.4 is 5.32 Å². The Morgan fingerprint density at radius 1 is 0.967 bits per heavy atom. The molecule has 0 bridgehead atoms. The van der Waals surface area contributed by atoms with Gasteiger partial charge in [-0.05, 0) is 25.1 Å². The zero-order valence-corrected chi connectivity index (χ0v) is 16.0. The molecule has 3 aromatic heterocycles. The molecule has 146 valence electrons. The first-order valence-corrected chi connectivity index (χ1v) is 9.33. The lowest BCUT2D eigenvalue weighted by Gasteiger charge is -2.09. The maximum absolute atomic E-state index is 13.1. The van der Waals surface area contributed by atoms with Gasteiger partial charge in [0.1, 0.15) is 0 Å². The van der Waals surface area contributed by atoms with E-state index in [1.54, 1.807) is 18.4 Å². The van der Waals surface area contributed by atoms with Gasteiger partial charge in [0.05, 0.1) is 23.0 Å². The second kappa shape index (κ2) is 7.29. The van der Waals surface area contributed by atoms with Crippen LogP contribution in [0.15, 0.2) is 81.8 Å². The van der Waals surface area contributed by atoms with E-state index in [0.29, 0.717) is 17.0 Å². The Kier molecular flexibility index (Phi) is 4.33. The summed E-state index contributed by atoms with van der Waals surface area (Å²) in [5.41, 5.74) is 3.68. The number of furan rings is 1. The third-order valence-corrected chi connectivity index (χ3v) is 4.73. The van der Waals surface area contributed by atoms with Gasteiger partial charge in [0, 0.05) is 16.5 Å². The van der Waals surface area contributed by atoms with E-state index in [2.05, 4.69) is 15.5 Å². The van der Waals surface area contributed by atoms with Crippen LogP contribution in [0.2, 0.25) is 0 Å². The minimum absolute atomic E-state index is 0.00652. The minimum atomic E-state index is -0.364. The summed E-state index contributed by atoms with van der Waals surface area (Å²) >= 11 is 0. The van der Waals surface area contributed by atoms with Gasteiger partial charge in [0.2, 0.25) is 0 Å². The molecule has 1 amide bonds. The van der Waals surface area contributed by atoms with Crippen LogP contribution >= 0.6 is 0 Å². The molecule has 0 fully saturated rings. The Balaban J connectivity index is 1.52. The van der Waals surface area contributed by atoms with Crippen molar-refractivity contribution in [3.05, 3.63) is 84.1 Å². The van der Waals surface area contributed by atoms with Gasteiger partial charge in [-0.25, -0.2) is 4.98 Å². The predicted octanol–water partition coefficient (Wildman–Crippen LogP) is 5.11. The molecule has 0 aliphatic rings. The lowest BCUT2D eigenvalue weighted by Crippen LogP contribution is -2.13. The van der Waals surface area contributed by atoms with Crippen molar-refractivity contribution < 1.29 is 13.6 Å². The van der Waals surface area contributed by atoms with Gasteiger partial charge in [-0.3, -0.25) is 10.1 Å². The first kappa shape index (κ1) is 17.8. The van der Waals surface area contributed by atoms with Crippen molar-refractivity contribution in [2.45, 2.75) is 6.92 Å². The highest BCUT2D eigenvalue weighted by atomic mass is 16.4. The number of para-hydroxylation sites is 1. The molecule has 0 aliphatic heterocycles. The Bertz CT molecular complexity index is 1360. The molecule has 5 rings (SSSR count). The number of hydrogen-bond donors (Lipinski definition) is 1.